The zero-order valence-electron chi connectivity index (χ0n) is 18.3. The Labute approximate surface area is 180 Å². The molecule has 0 amide bonds. The molecule has 2 fully saturated rings. The summed E-state index contributed by atoms with van der Waals surface area (Å²) in [5, 5.41) is -0.261. The molecule has 1 aromatic rings. The van der Waals surface area contributed by atoms with E-state index >= 15 is 0 Å². The fraction of sp³-hybridized carbons (Fsp3) is 0.783. The SMILES string of the molecule is CCCC1CCC(OCC2C(NS(=O)(=O)C3CC3)CCc3ccc(C)c(=O)n32)CC1. The van der Waals surface area contributed by atoms with Crippen molar-refractivity contribution in [3.63, 3.8) is 0 Å². The maximum Gasteiger partial charge on any atom is 0.254 e. The summed E-state index contributed by atoms with van der Waals surface area (Å²) in [7, 11) is -3.32. The van der Waals surface area contributed by atoms with Crippen molar-refractivity contribution >= 4 is 10.0 Å². The molecule has 4 rings (SSSR count). The zero-order chi connectivity index (χ0) is 21.3. The lowest BCUT2D eigenvalue weighted by Crippen LogP contribution is -2.50. The molecule has 0 aromatic carbocycles. The minimum absolute atomic E-state index is 0.0249. The minimum Gasteiger partial charge on any atom is -0.376 e. The molecule has 2 heterocycles. The van der Waals surface area contributed by atoms with Crippen molar-refractivity contribution in [2.24, 2.45) is 5.92 Å². The van der Waals surface area contributed by atoms with Crippen LogP contribution in [-0.2, 0) is 21.2 Å². The van der Waals surface area contributed by atoms with Crippen molar-refractivity contribution in [2.45, 2.75) is 101 Å². The van der Waals surface area contributed by atoms with Gasteiger partial charge >= 0.3 is 0 Å². The Morgan fingerprint density at radius 1 is 1.10 bits per heavy atom. The number of nitrogens with one attached hydrogen (secondary N) is 1. The Kier molecular flexibility index (Phi) is 6.70. The van der Waals surface area contributed by atoms with E-state index < -0.39 is 10.0 Å². The quantitative estimate of drug-likeness (QED) is 0.677. The topological polar surface area (TPSA) is 77.4 Å². The van der Waals surface area contributed by atoms with Crippen LogP contribution >= 0.6 is 0 Å². The molecule has 30 heavy (non-hydrogen) atoms. The first-order valence-corrected chi connectivity index (χ1v) is 13.3. The number of aryl methyl sites for hydroxylation is 2. The van der Waals surface area contributed by atoms with Crippen LogP contribution in [0.2, 0.25) is 0 Å². The standard InChI is InChI=1S/C23H36N2O4S/c1-3-4-17-6-10-19(11-7-17)29-15-22-21(24-30(27,28)20-12-13-20)14-9-18-8-5-16(2)23(26)25(18)22/h5,8,17,19-22,24H,3-4,6-7,9-15H2,1-2H3. The van der Waals surface area contributed by atoms with Crippen molar-refractivity contribution < 1.29 is 13.2 Å². The van der Waals surface area contributed by atoms with Crippen molar-refractivity contribution in [3.05, 3.63) is 33.7 Å². The molecular weight excluding hydrogens is 400 g/mol. The molecular formula is C23H36N2O4S. The molecule has 2 atom stereocenters. The van der Waals surface area contributed by atoms with Gasteiger partial charge in [-0.3, -0.25) is 4.79 Å². The molecule has 1 N–H and O–H groups in total. The normalized spacial score (nSPS) is 29.5. The van der Waals surface area contributed by atoms with Crippen LogP contribution in [0.3, 0.4) is 0 Å². The highest BCUT2D eigenvalue weighted by atomic mass is 32.2. The van der Waals surface area contributed by atoms with E-state index in [9.17, 15) is 13.2 Å². The second-order valence-electron chi connectivity index (χ2n) is 9.52. The summed E-state index contributed by atoms with van der Waals surface area (Å²) in [5.74, 6) is 0.814. The largest absolute Gasteiger partial charge is 0.376 e. The molecule has 0 radical (unpaired) electrons. The first kappa shape index (κ1) is 22.0. The third-order valence-corrected chi connectivity index (χ3v) is 9.15. The first-order chi connectivity index (χ1) is 14.4. The lowest BCUT2D eigenvalue weighted by molar-refractivity contribution is -0.00735. The molecule has 0 bridgehead atoms. The van der Waals surface area contributed by atoms with E-state index in [1.54, 1.807) is 0 Å². The third-order valence-electron chi connectivity index (χ3n) is 7.17. The van der Waals surface area contributed by atoms with E-state index in [2.05, 4.69) is 11.6 Å². The predicted molar refractivity (Wildman–Crippen MR) is 118 cm³/mol. The van der Waals surface area contributed by atoms with Crippen LogP contribution in [0.5, 0.6) is 0 Å². The number of rotatable bonds is 8. The van der Waals surface area contributed by atoms with E-state index in [-0.39, 0.29) is 29.0 Å². The molecule has 0 saturated heterocycles. The summed E-state index contributed by atoms with van der Waals surface area (Å²) >= 11 is 0. The monoisotopic (exact) mass is 436 g/mol. The van der Waals surface area contributed by atoms with Crippen LogP contribution < -0.4 is 10.3 Å². The van der Waals surface area contributed by atoms with Crippen molar-refractivity contribution in [2.75, 3.05) is 6.61 Å². The van der Waals surface area contributed by atoms with Gasteiger partial charge in [0.25, 0.3) is 5.56 Å². The van der Waals surface area contributed by atoms with Crippen LogP contribution in [0.4, 0.5) is 0 Å². The molecule has 1 aliphatic heterocycles. The summed E-state index contributed by atoms with van der Waals surface area (Å²) < 4.78 is 36.3. The highest BCUT2D eigenvalue weighted by Gasteiger charge is 2.40. The number of sulfonamides is 1. The summed E-state index contributed by atoms with van der Waals surface area (Å²) in [6.07, 6.45) is 10.1. The highest BCUT2D eigenvalue weighted by molar-refractivity contribution is 7.90. The van der Waals surface area contributed by atoms with Gasteiger partial charge in [-0.1, -0.05) is 25.8 Å². The fourth-order valence-corrected chi connectivity index (χ4v) is 6.83. The maximum absolute atomic E-state index is 13.0. The molecule has 1 aromatic heterocycles. The number of ether oxygens (including phenoxy) is 1. The van der Waals surface area contributed by atoms with E-state index in [1.807, 2.05) is 23.6 Å². The summed E-state index contributed by atoms with van der Waals surface area (Å²) in [6, 6.07) is 3.29. The molecule has 2 saturated carbocycles. The molecule has 2 unspecified atom stereocenters. The van der Waals surface area contributed by atoms with Gasteiger partial charge in [0, 0.05) is 17.3 Å². The summed E-state index contributed by atoms with van der Waals surface area (Å²) in [6.45, 7) is 4.45. The number of hydrogen-bond donors (Lipinski definition) is 1. The van der Waals surface area contributed by atoms with Gasteiger partial charge in [0.15, 0.2) is 0 Å². The number of nitrogens with zero attached hydrogens (tertiary/aromatic N) is 1. The fourth-order valence-electron chi connectivity index (χ4n) is 5.18. The maximum atomic E-state index is 13.0. The average molecular weight is 437 g/mol. The molecule has 0 spiro atoms. The Morgan fingerprint density at radius 2 is 1.83 bits per heavy atom. The van der Waals surface area contributed by atoms with E-state index in [4.69, 9.17) is 4.74 Å². The number of hydrogen-bond acceptors (Lipinski definition) is 4. The molecule has 3 aliphatic rings. The van der Waals surface area contributed by atoms with Gasteiger partial charge in [0.1, 0.15) is 0 Å². The number of fused-ring (bicyclic) bond motifs is 1. The van der Waals surface area contributed by atoms with Crippen molar-refractivity contribution in [3.8, 4) is 0 Å². The molecule has 168 valence electrons. The van der Waals surface area contributed by atoms with Gasteiger partial charge < -0.3 is 9.30 Å². The van der Waals surface area contributed by atoms with Gasteiger partial charge in [0.2, 0.25) is 10.0 Å². The van der Waals surface area contributed by atoms with Gasteiger partial charge in [0.05, 0.1) is 24.0 Å². The van der Waals surface area contributed by atoms with Gasteiger partial charge in [-0.15, -0.1) is 0 Å². The zero-order valence-corrected chi connectivity index (χ0v) is 19.1. The Hall–Kier alpha value is -1.18. The summed E-state index contributed by atoms with van der Waals surface area (Å²) in [5.41, 5.74) is 1.64. The second kappa shape index (κ2) is 9.13. The van der Waals surface area contributed by atoms with E-state index in [0.29, 0.717) is 25.0 Å². The van der Waals surface area contributed by atoms with E-state index in [0.717, 1.165) is 37.3 Å². The molecule has 7 heteroatoms. The predicted octanol–water partition coefficient (Wildman–Crippen LogP) is 3.47. The van der Waals surface area contributed by atoms with Crippen molar-refractivity contribution in [1.29, 1.82) is 0 Å². The second-order valence-corrected chi connectivity index (χ2v) is 11.5. The number of pyridine rings is 1. The Morgan fingerprint density at radius 3 is 2.50 bits per heavy atom. The van der Waals surface area contributed by atoms with Crippen LogP contribution in [0.25, 0.3) is 0 Å². The van der Waals surface area contributed by atoms with Crippen LogP contribution in [-0.4, -0.2) is 37.0 Å². The lowest BCUT2D eigenvalue weighted by atomic mass is 9.84. The van der Waals surface area contributed by atoms with Crippen LogP contribution in [0, 0.1) is 12.8 Å². The van der Waals surface area contributed by atoms with E-state index in [1.165, 1.54) is 25.7 Å². The third kappa shape index (κ3) is 4.83. The minimum atomic E-state index is -3.32. The van der Waals surface area contributed by atoms with Gasteiger partial charge in [-0.25, -0.2) is 13.1 Å². The smallest absolute Gasteiger partial charge is 0.254 e. The number of aromatic nitrogens is 1. The molecule has 2 aliphatic carbocycles. The van der Waals surface area contributed by atoms with Crippen LogP contribution in [0.15, 0.2) is 16.9 Å². The average Bonchev–Trinajstić information content (AvgIpc) is 3.57. The Bertz CT molecular complexity index is 898. The van der Waals surface area contributed by atoms with Gasteiger partial charge in [-0.2, -0.15) is 0 Å². The lowest BCUT2D eigenvalue weighted by Gasteiger charge is -2.37. The first-order valence-electron chi connectivity index (χ1n) is 11.7. The Balaban J connectivity index is 1.50. The van der Waals surface area contributed by atoms with Gasteiger partial charge in [-0.05, 0) is 70.3 Å². The van der Waals surface area contributed by atoms with Crippen LogP contribution in [0.1, 0.15) is 82.0 Å². The van der Waals surface area contributed by atoms with Crippen molar-refractivity contribution in [1.82, 2.24) is 9.29 Å². The summed E-state index contributed by atoms with van der Waals surface area (Å²) in [4.78, 5) is 13.0. The molecule has 6 nitrogen and oxygen atoms in total. The highest BCUT2D eigenvalue weighted by Crippen LogP contribution is 2.33.